The zero-order valence-corrected chi connectivity index (χ0v) is 13.2. The third-order valence-electron chi connectivity index (χ3n) is 4.40. The van der Waals surface area contributed by atoms with Crippen LogP contribution in [0.5, 0.6) is 0 Å². The van der Waals surface area contributed by atoms with Gasteiger partial charge in [0.15, 0.2) is 0 Å². The predicted molar refractivity (Wildman–Crippen MR) is 77.8 cm³/mol. The van der Waals surface area contributed by atoms with Crippen molar-refractivity contribution in [2.75, 3.05) is 6.61 Å². The maximum Gasteiger partial charge on any atom is 0.221 e. The van der Waals surface area contributed by atoms with Gasteiger partial charge in [-0.1, -0.05) is 34.6 Å². The molecule has 0 spiro atoms. The molecule has 1 amide bonds. The molecule has 1 rings (SSSR count). The first-order chi connectivity index (χ1) is 8.59. The van der Waals surface area contributed by atoms with Crippen molar-refractivity contribution in [3.63, 3.8) is 0 Å². The highest BCUT2D eigenvalue weighted by Gasteiger charge is 2.49. The second-order valence-corrected chi connectivity index (χ2v) is 7.30. The van der Waals surface area contributed by atoms with Gasteiger partial charge in [-0.3, -0.25) is 4.79 Å². The zero-order valence-electron chi connectivity index (χ0n) is 13.2. The predicted octanol–water partition coefficient (Wildman–Crippen LogP) is 2.07. The van der Waals surface area contributed by atoms with E-state index in [9.17, 15) is 4.79 Å². The lowest BCUT2D eigenvalue weighted by Crippen LogP contribution is -2.62. The Morgan fingerprint density at radius 3 is 2.47 bits per heavy atom. The zero-order chi connectivity index (χ0) is 14.8. The van der Waals surface area contributed by atoms with E-state index < -0.39 is 0 Å². The van der Waals surface area contributed by atoms with Gasteiger partial charge >= 0.3 is 0 Å². The van der Waals surface area contributed by atoms with Crippen molar-refractivity contribution in [1.29, 1.82) is 0 Å². The molecule has 0 aromatic carbocycles. The van der Waals surface area contributed by atoms with Crippen LogP contribution in [0.4, 0.5) is 0 Å². The van der Waals surface area contributed by atoms with Crippen LogP contribution in [0.2, 0.25) is 0 Å². The van der Waals surface area contributed by atoms with Crippen molar-refractivity contribution in [2.24, 2.45) is 16.6 Å². The maximum absolute atomic E-state index is 12.0. The lowest BCUT2D eigenvalue weighted by Gasteiger charge is -2.51. The molecular weight excluding hydrogens is 240 g/mol. The summed E-state index contributed by atoms with van der Waals surface area (Å²) in [6.45, 7) is 13.2. The average Bonchev–Trinajstić information content (AvgIpc) is 2.26. The molecule has 19 heavy (non-hydrogen) atoms. The van der Waals surface area contributed by atoms with E-state index in [1.807, 2.05) is 6.92 Å². The van der Waals surface area contributed by atoms with Crippen molar-refractivity contribution in [3.8, 4) is 0 Å². The van der Waals surface area contributed by atoms with Crippen LogP contribution >= 0.6 is 0 Å². The number of rotatable bonds is 5. The third-order valence-corrected chi connectivity index (χ3v) is 4.40. The molecule has 3 atom stereocenters. The van der Waals surface area contributed by atoms with E-state index in [1.165, 1.54) is 0 Å². The summed E-state index contributed by atoms with van der Waals surface area (Å²) in [4.78, 5) is 12.0. The van der Waals surface area contributed by atoms with Crippen molar-refractivity contribution in [1.82, 2.24) is 5.32 Å². The number of ether oxygens (including phenoxy) is 1. The first-order valence-electron chi connectivity index (χ1n) is 7.25. The van der Waals surface area contributed by atoms with Crippen molar-refractivity contribution in [3.05, 3.63) is 0 Å². The summed E-state index contributed by atoms with van der Waals surface area (Å²) in [5, 5.41) is 3.10. The SMILES string of the molecule is CCOC1CC(NC(=O)CC(N)C(C)(C)C)C1(C)C. The Bertz CT molecular complexity index is 321. The first-order valence-corrected chi connectivity index (χ1v) is 7.25. The summed E-state index contributed by atoms with van der Waals surface area (Å²) in [5.41, 5.74) is 6.01. The molecule has 3 N–H and O–H groups in total. The molecule has 4 nitrogen and oxygen atoms in total. The van der Waals surface area contributed by atoms with E-state index in [1.54, 1.807) is 0 Å². The van der Waals surface area contributed by atoms with Crippen LogP contribution in [-0.2, 0) is 9.53 Å². The number of hydrogen-bond donors (Lipinski definition) is 2. The molecule has 0 aromatic rings. The Morgan fingerprint density at radius 1 is 1.47 bits per heavy atom. The number of hydrogen-bond acceptors (Lipinski definition) is 3. The molecule has 0 saturated heterocycles. The van der Waals surface area contributed by atoms with Gasteiger partial charge in [-0.2, -0.15) is 0 Å². The van der Waals surface area contributed by atoms with Gasteiger partial charge in [0.1, 0.15) is 0 Å². The van der Waals surface area contributed by atoms with E-state index in [4.69, 9.17) is 10.5 Å². The van der Waals surface area contributed by atoms with Gasteiger partial charge in [0.2, 0.25) is 5.91 Å². The smallest absolute Gasteiger partial charge is 0.221 e. The normalized spacial score (nSPS) is 27.5. The number of carbonyl (C=O) groups excluding carboxylic acids is 1. The molecule has 0 aromatic heterocycles. The second kappa shape index (κ2) is 5.80. The standard InChI is InChI=1S/C15H30N2O2/c1-7-19-12-9-11(15(12,5)6)17-13(18)8-10(16)14(2,3)4/h10-12H,7-9,16H2,1-6H3,(H,17,18). The highest BCUT2D eigenvalue weighted by molar-refractivity contribution is 5.77. The van der Waals surface area contributed by atoms with Crippen molar-refractivity contribution in [2.45, 2.75) is 72.6 Å². The van der Waals surface area contributed by atoms with E-state index in [-0.39, 0.29) is 34.9 Å². The molecule has 1 fully saturated rings. The van der Waals surface area contributed by atoms with E-state index in [0.29, 0.717) is 6.42 Å². The van der Waals surface area contributed by atoms with Crippen LogP contribution in [-0.4, -0.2) is 30.7 Å². The van der Waals surface area contributed by atoms with Crippen LogP contribution in [0.25, 0.3) is 0 Å². The lowest BCUT2D eigenvalue weighted by molar-refractivity contribution is -0.137. The van der Waals surface area contributed by atoms with E-state index in [2.05, 4.69) is 39.9 Å². The summed E-state index contributed by atoms with van der Waals surface area (Å²) in [6, 6.07) is 0.0853. The van der Waals surface area contributed by atoms with Crippen LogP contribution in [0.15, 0.2) is 0 Å². The van der Waals surface area contributed by atoms with Gasteiger partial charge in [-0.05, 0) is 18.8 Å². The number of carbonyl (C=O) groups is 1. The van der Waals surface area contributed by atoms with Crippen LogP contribution < -0.4 is 11.1 Å². The Kier molecular flexibility index (Phi) is 5.02. The summed E-state index contributed by atoms with van der Waals surface area (Å²) in [5.74, 6) is 0.0513. The van der Waals surface area contributed by atoms with Gasteiger partial charge in [-0.15, -0.1) is 0 Å². The van der Waals surface area contributed by atoms with Crippen LogP contribution in [0, 0.1) is 10.8 Å². The Balaban J connectivity index is 2.43. The van der Waals surface area contributed by atoms with Crippen molar-refractivity contribution < 1.29 is 9.53 Å². The molecule has 0 heterocycles. The molecule has 112 valence electrons. The van der Waals surface area contributed by atoms with Gasteiger partial charge in [0.25, 0.3) is 0 Å². The lowest BCUT2D eigenvalue weighted by atomic mass is 9.64. The molecular formula is C15H30N2O2. The number of nitrogens with one attached hydrogen (secondary N) is 1. The van der Waals surface area contributed by atoms with Crippen LogP contribution in [0.1, 0.15) is 54.4 Å². The van der Waals surface area contributed by atoms with Gasteiger partial charge < -0.3 is 15.8 Å². The highest BCUT2D eigenvalue weighted by Crippen LogP contribution is 2.42. The summed E-state index contributed by atoms with van der Waals surface area (Å²) in [6.07, 6.45) is 1.53. The van der Waals surface area contributed by atoms with E-state index in [0.717, 1.165) is 13.0 Å². The fraction of sp³-hybridized carbons (Fsp3) is 0.933. The topological polar surface area (TPSA) is 64.3 Å². The Labute approximate surface area is 117 Å². The third kappa shape index (κ3) is 3.93. The first kappa shape index (κ1) is 16.4. The van der Waals surface area contributed by atoms with Gasteiger partial charge in [0.05, 0.1) is 6.10 Å². The summed E-state index contributed by atoms with van der Waals surface area (Å²) < 4.78 is 5.66. The molecule has 1 saturated carbocycles. The van der Waals surface area contributed by atoms with Gasteiger partial charge in [-0.25, -0.2) is 0 Å². The minimum atomic E-state index is -0.113. The van der Waals surface area contributed by atoms with Crippen LogP contribution in [0.3, 0.4) is 0 Å². The van der Waals surface area contributed by atoms with E-state index >= 15 is 0 Å². The second-order valence-electron chi connectivity index (χ2n) is 7.30. The molecule has 0 bridgehead atoms. The highest BCUT2D eigenvalue weighted by atomic mass is 16.5. The molecule has 3 unspecified atom stereocenters. The molecule has 0 aliphatic heterocycles. The molecule has 1 aliphatic carbocycles. The molecule has 1 aliphatic rings. The fourth-order valence-electron chi connectivity index (χ4n) is 2.37. The Morgan fingerprint density at radius 2 is 2.05 bits per heavy atom. The average molecular weight is 270 g/mol. The molecule has 0 radical (unpaired) electrons. The summed E-state index contributed by atoms with van der Waals surface area (Å²) >= 11 is 0. The monoisotopic (exact) mass is 270 g/mol. The molecule has 4 heteroatoms. The quantitative estimate of drug-likeness (QED) is 0.804. The minimum absolute atomic E-state index is 0.0114. The number of amides is 1. The number of nitrogens with two attached hydrogens (primary N) is 1. The largest absolute Gasteiger partial charge is 0.378 e. The maximum atomic E-state index is 12.0. The minimum Gasteiger partial charge on any atom is -0.378 e. The van der Waals surface area contributed by atoms with Crippen molar-refractivity contribution >= 4 is 5.91 Å². The fourth-order valence-corrected chi connectivity index (χ4v) is 2.37. The van der Waals surface area contributed by atoms with Gasteiger partial charge in [0, 0.05) is 30.5 Å². The Hall–Kier alpha value is -0.610. The summed E-state index contributed by atoms with van der Waals surface area (Å²) in [7, 11) is 0.